The molecule has 0 N–H and O–H groups in total. The first-order valence-corrected chi connectivity index (χ1v) is 9.53. The van der Waals surface area contributed by atoms with Crippen LogP contribution >= 0.6 is 0 Å². The van der Waals surface area contributed by atoms with Gasteiger partial charge in [0.1, 0.15) is 18.7 Å². The minimum Gasteiger partial charge on any atom is -0.340 e. The quantitative estimate of drug-likeness (QED) is 0.624. The second-order valence-corrected chi connectivity index (χ2v) is 6.97. The molecule has 1 saturated heterocycles. The second-order valence-electron chi connectivity index (χ2n) is 6.97. The highest BCUT2D eigenvalue weighted by Crippen LogP contribution is 2.11. The molecular formula is C19H24N8O. The number of carbonyl (C=O) groups is 1. The molecule has 0 saturated carbocycles. The summed E-state index contributed by atoms with van der Waals surface area (Å²) in [5, 5.41) is 10.9. The average Bonchev–Trinajstić information content (AvgIpc) is 3.31. The molecule has 3 heterocycles. The summed E-state index contributed by atoms with van der Waals surface area (Å²) in [7, 11) is 0. The standard InChI is InChI=1S/C19H24N8O/c28-19(15-27-16-21-22-23-27)25-9-4-8-24(11-12-25)14-18-20-7-10-26(18)13-17-5-2-1-3-6-17/h1-3,5-7,10,16H,4,8-9,11-15H2. The number of rotatable bonds is 6. The van der Waals surface area contributed by atoms with Crippen LogP contribution in [-0.2, 0) is 24.4 Å². The van der Waals surface area contributed by atoms with E-state index in [1.54, 1.807) is 0 Å². The van der Waals surface area contributed by atoms with Crippen molar-refractivity contribution in [2.45, 2.75) is 26.1 Å². The number of benzene rings is 1. The normalized spacial score (nSPS) is 15.5. The van der Waals surface area contributed by atoms with Gasteiger partial charge in [-0.1, -0.05) is 30.3 Å². The number of hydrogen-bond donors (Lipinski definition) is 0. The Morgan fingerprint density at radius 3 is 2.75 bits per heavy atom. The molecule has 0 bridgehead atoms. The summed E-state index contributed by atoms with van der Waals surface area (Å²) in [6.07, 6.45) is 6.30. The predicted octanol–water partition coefficient (Wildman–Crippen LogP) is 0.652. The molecule has 0 radical (unpaired) electrons. The van der Waals surface area contributed by atoms with Gasteiger partial charge in [0.25, 0.3) is 0 Å². The molecule has 1 amide bonds. The Hall–Kier alpha value is -3.07. The fraction of sp³-hybridized carbons (Fsp3) is 0.421. The van der Waals surface area contributed by atoms with Gasteiger partial charge in [0.2, 0.25) is 5.91 Å². The number of tetrazole rings is 1. The molecule has 3 aromatic rings. The minimum atomic E-state index is 0.0553. The van der Waals surface area contributed by atoms with E-state index in [2.05, 4.69) is 54.2 Å². The molecule has 1 aromatic carbocycles. The van der Waals surface area contributed by atoms with Gasteiger partial charge in [0.05, 0.1) is 6.54 Å². The number of amides is 1. The van der Waals surface area contributed by atoms with E-state index in [1.807, 2.05) is 23.4 Å². The minimum absolute atomic E-state index is 0.0553. The van der Waals surface area contributed by atoms with Crippen LogP contribution in [0.1, 0.15) is 17.8 Å². The van der Waals surface area contributed by atoms with Gasteiger partial charge in [-0.2, -0.15) is 0 Å². The SMILES string of the molecule is O=C(Cn1cnnn1)N1CCCN(Cc2nccn2Cc2ccccc2)CC1. The number of carbonyl (C=O) groups excluding carboxylic acids is 1. The molecule has 9 nitrogen and oxygen atoms in total. The Labute approximate surface area is 163 Å². The van der Waals surface area contributed by atoms with Crippen molar-refractivity contribution in [1.29, 1.82) is 0 Å². The Morgan fingerprint density at radius 2 is 1.93 bits per heavy atom. The van der Waals surface area contributed by atoms with Crippen LogP contribution in [0.3, 0.4) is 0 Å². The number of nitrogens with zero attached hydrogens (tertiary/aromatic N) is 8. The molecule has 0 aliphatic carbocycles. The van der Waals surface area contributed by atoms with E-state index in [0.29, 0.717) is 6.54 Å². The largest absolute Gasteiger partial charge is 0.340 e. The van der Waals surface area contributed by atoms with Crippen LogP contribution in [-0.4, -0.2) is 71.6 Å². The molecule has 4 rings (SSSR count). The van der Waals surface area contributed by atoms with Crippen molar-refractivity contribution in [3.8, 4) is 0 Å². The number of aromatic nitrogens is 6. The lowest BCUT2D eigenvalue weighted by Crippen LogP contribution is -2.37. The van der Waals surface area contributed by atoms with Gasteiger partial charge >= 0.3 is 0 Å². The maximum atomic E-state index is 12.5. The van der Waals surface area contributed by atoms with Crippen LogP contribution < -0.4 is 0 Å². The third-order valence-electron chi connectivity index (χ3n) is 4.99. The maximum absolute atomic E-state index is 12.5. The first kappa shape index (κ1) is 18.3. The molecule has 28 heavy (non-hydrogen) atoms. The second kappa shape index (κ2) is 8.75. The summed E-state index contributed by atoms with van der Waals surface area (Å²) in [5.74, 6) is 1.11. The Bertz CT molecular complexity index is 876. The van der Waals surface area contributed by atoms with Gasteiger partial charge in [-0.3, -0.25) is 9.69 Å². The Balaban J connectivity index is 1.33. The van der Waals surface area contributed by atoms with Crippen LogP contribution in [0.2, 0.25) is 0 Å². The van der Waals surface area contributed by atoms with Crippen LogP contribution in [0.15, 0.2) is 49.1 Å². The van der Waals surface area contributed by atoms with Gasteiger partial charge in [-0.05, 0) is 22.4 Å². The van der Waals surface area contributed by atoms with Crippen LogP contribution in [0.4, 0.5) is 0 Å². The highest BCUT2D eigenvalue weighted by molar-refractivity contribution is 5.75. The predicted molar refractivity (Wildman–Crippen MR) is 102 cm³/mol. The van der Waals surface area contributed by atoms with Gasteiger partial charge in [-0.15, -0.1) is 5.10 Å². The van der Waals surface area contributed by atoms with Gasteiger partial charge in [0, 0.05) is 45.1 Å². The summed E-state index contributed by atoms with van der Waals surface area (Å²) in [5.41, 5.74) is 1.26. The van der Waals surface area contributed by atoms with E-state index in [0.717, 1.165) is 45.0 Å². The van der Waals surface area contributed by atoms with Crippen molar-refractivity contribution in [2.24, 2.45) is 0 Å². The van der Waals surface area contributed by atoms with Crippen molar-refractivity contribution in [3.05, 3.63) is 60.4 Å². The molecule has 146 valence electrons. The van der Waals surface area contributed by atoms with Gasteiger partial charge < -0.3 is 9.47 Å². The molecule has 9 heteroatoms. The average molecular weight is 380 g/mol. The van der Waals surface area contributed by atoms with E-state index < -0.39 is 0 Å². The number of hydrogen-bond acceptors (Lipinski definition) is 6. The van der Waals surface area contributed by atoms with E-state index in [-0.39, 0.29) is 12.5 Å². The molecule has 0 unspecified atom stereocenters. The lowest BCUT2D eigenvalue weighted by Gasteiger charge is -2.22. The first-order chi connectivity index (χ1) is 13.8. The highest BCUT2D eigenvalue weighted by atomic mass is 16.2. The summed E-state index contributed by atoms with van der Waals surface area (Å²) in [6.45, 7) is 5.05. The van der Waals surface area contributed by atoms with Crippen molar-refractivity contribution in [3.63, 3.8) is 0 Å². The molecule has 1 aliphatic heterocycles. The molecule has 0 spiro atoms. The van der Waals surface area contributed by atoms with E-state index in [1.165, 1.54) is 16.6 Å². The lowest BCUT2D eigenvalue weighted by atomic mass is 10.2. The summed E-state index contributed by atoms with van der Waals surface area (Å²) in [6, 6.07) is 10.4. The third kappa shape index (κ3) is 4.61. The fourth-order valence-corrected chi connectivity index (χ4v) is 3.49. The zero-order valence-electron chi connectivity index (χ0n) is 15.8. The summed E-state index contributed by atoms with van der Waals surface area (Å²) >= 11 is 0. The van der Waals surface area contributed by atoms with Crippen molar-refractivity contribution in [2.75, 3.05) is 26.2 Å². The first-order valence-electron chi connectivity index (χ1n) is 9.53. The molecule has 2 aromatic heterocycles. The third-order valence-corrected chi connectivity index (χ3v) is 4.99. The Kier molecular flexibility index (Phi) is 5.72. The van der Waals surface area contributed by atoms with Gasteiger partial charge in [-0.25, -0.2) is 9.67 Å². The van der Waals surface area contributed by atoms with Crippen LogP contribution in [0.25, 0.3) is 0 Å². The smallest absolute Gasteiger partial charge is 0.244 e. The van der Waals surface area contributed by atoms with E-state index >= 15 is 0 Å². The summed E-state index contributed by atoms with van der Waals surface area (Å²) in [4.78, 5) is 21.3. The van der Waals surface area contributed by atoms with E-state index in [9.17, 15) is 4.79 Å². The zero-order chi connectivity index (χ0) is 19.2. The van der Waals surface area contributed by atoms with Crippen molar-refractivity contribution >= 4 is 5.91 Å². The molecule has 1 fully saturated rings. The van der Waals surface area contributed by atoms with E-state index in [4.69, 9.17) is 0 Å². The summed E-state index contributed by atoms with van der Waals surface area (Å²) < 4.78 is 3.66. The van der Waals surface area contributed by atoms with Crippen LogP contribution in [0.5, 0.6) is 0 Å². The van der Waals surface area contributed by atoms with Gasteiger partial charge in [0.15, 0.2) is 0 Å². The lowest BCUT2D eigenvalue weighted by molar-refractivity contribution is -0.131. The van der Waals surface area contributed by atoms with Crippen molar-refractivity contribution in [1.82, 2.24) is 39.6 Å². The fourth-order valence-electron chi connectivity index (χ4n) is 3.49. The highest BCUT2D eigenvalue weighted by Gasteiger charge is 2.20. The Morgan fingerprint density at radius 1 is 1.04 bits per heavy atom. The molecule has 0 atom stereocenters. The number of imidazole rings is 1. The molecular weight excluding hydrogens is 356 g/mol. The zero-order valence-corrected chi connectivity index (χ0v) is 15.8. The molecule has 1 aliphatic rings. The topological polar surface area (TPSA) is 85.0 Å². The maximum Gasteiger partial charge on any atom is 0.244 e. The van der Waals surface area contributed by atoms with Crippen LogP contribution in [0, 0.1) is 0 Å². The monoisotopic (exact) mass is 380 g/mol. The van der Waals surface area contributed by atoms with Crippen molar-refractivity contribution < 1.29 is 4.79 Å².